The molecule has 7 aromatic carbocycles. The lowest BCUT2D eigenvalue weighted by atomic mass is 10.00. The average Bonchev–Trinajstić information content (AvgIpc) is 3.52. The average molecular weight is 677 g/mol. The summed E-state index contributed by atoms with van der Waals surface area (Å²) >= 11 is 0. The van der Waals surface area contributed by atoms with Crippen molar-refractivity contribution in [1.29, 1.82) is 0 Å². The lowest BCUT2D eigenvalue weighted by Crippen LogP contribution is -2.04. The van der Waals surface area contributed by atoms with E-state index in [-0.39, 0.29) is 0 Å². The number of halogens is 2. The molecular weight excluding hydrogens is 647 g/mol. The molecule has 0 atom stereocenters. The summed E-state index contributed by atoms with van der Waals surface area (Å²) in [5.74, 6) is 0.271. The maximum Gasteiger partial charge on any atom is 0.166 e. The number of hydrogen-bond donors (Lipinski definition) is 0. The number of hydrogen-bond acceptors (Lipinski definition) is 3. The molecule has 0 aliphatic carbocycles. The largest absolute Gasteiger partial charge is 0.308 e. The maximum atomic E-state index is 15.4. The summed E-state index contributed by atoms with van der Waals surface area (Å²) in [6.45, 7) is 2.09. The molecule has 0 saturated carbocycles. The topological polar surface area (TPSA) is 43.6 Å². The fourth-order valence-corrected chi connectivity index (χ4v) is 6.96. The smallest absolute Gasteiger partial charge is 0.166 e. The Morgan fingerprint density at radius 3 is 1.73 bits per heavy atom. The van der Waals surface area contributed by atoms with E-state index in [0.29, 0.717) is 28.6 Å². The fraction of sp³-hybridized carbons (Fsp3) is 0.0217. The number of aromatic nitrogens is 4. The number of rotatable bonds is 6. The van der Waals surface area contributed by atoms with Crippen LogP contribution in [0.5, 0.6) is 0 Å². The molecule has 9 rings (SSSR count). The van der Waals surface area contributed by atoms with Crippen molar-refractivity contribution in [2.45, 2.75) is 6.92 Å². The monoisotopic (exact) mass is 676 g/mol. The van der Waals surface area contributed by atoms with Gasteiger partial charge in [0.05, 0.1) is 16.7 Å². The lowest BCUT2D eigenvalue weighted by Gasteiger charge is -2.17. The van der Waals surface area contributed by atoms with Crippen molar-refractivity contribution in [3.63, 3.8) is 0 Å². The highest BCUT2D eigenvalue weighted by Crippen LogP contribution is 2.40. The number of aryl methyl sites for hydroxylation is 1. The second-order valence-corrected chi connectivity index (χ2v) is 12.8. The molecule has 6 heteroatoms. The van der Waals surface area contributed by atoms with E-state index in [0.717, 1.165) is 61.4 Å². The molecule has 0 saturated heterocycles. The molecule has 0 bridgehead atoms. The van der Waals surface area contributed by atoms with E-state index in [4.69, 9.17) is 15.0 Å². The zero-order valence-corrected chi connectivity index (χ0v) is 28.1. The maximum absolute atomic E-state index is 15.4. The molecule has 0 spiro atoms. The van der Waals surface area contributed by atoms with Gasteiger partial charge in [0.15, 0.2) is 17.5 Å². The van der Waals surface area contributed by atoms with Gasteiger partial charge in [-0.3, -0.25) is 0 Å². The van der Waals surface area contributed by atoms with Gasteiger partial charge in [0.1, 0.15) is 11.6 Å². The second kappa shape index (κ2) is 12.8. The van der Waals surface area contributed by atoms with Gasteiger partial charge in [-0.1, -0.05) is 127 Å². The normalized spacial score (nSPS) is 11.4. The molecule has 0 N–H and O–H groups in total. The van der Waals surface area contributed by atoms with Crippen LogP contribution in [0.1, 0.15) is 5.56 Å². The first-order valence-corrected chi connectivity index (χ1v) is 17.1. The van der Waals surface area contributed by atoms with Crippen LogP contribution in [0.25, 0.3) is 83.9 Å². The Morgan fingerprint density at radius 1 is 0.423 bits per heavy atom. The van der Waals surface area contributed by atoms with Crippen LogP contribution in [-0.4, -0.2) is 19.5 Å². The van der Waals surface area contributed by atoms with Crippen LogP contribution < -0.4 is 0 Å². The predicted octanol–water partition coefficient (Wildman–Crippen LogP) is 11.9. The van der Waals surface area contributed by atoms with Gasteiger partial charge in [-0.2, -0.15) is 0 Å². The Kier molecular flexibility index (Phi) is 7.70. The van der Waals surface area contributed by atoms with Crippen molar-refractivity contribution in [2.24, 2.45) is 0 Å². The molecule has 0 unspecified atom stereocenters. The molecule has 0 amide bonds. The van der Waals surface area contributed by atoms with Crippen LogP contribution in [-0.2, 0) is 0 Å². The number of fused-ring (bicyclic) bond motifs is 3. The zero-order chi connectivity index (χ0) is 35.2. The Bertz CT molecular complexity index is 2720. The summed E-state index contributed by atoms with van der Waals surface area (Å²) in [5.41, 5.74) is 9.37. The van der Waals surface area contributed by atoms with E-state index in [9.17, 15) is 4.39 Å². The van der Waals surface area contributed by atoms with Crippen molar-refractivity contribution in [3.8, 4) is 62.1 Å². The lowest BCUT2D eigenvalue weighted by molar-refractivity contribution is 0.585. The van der Waals surface area contributed by atoms with Gasteiger partial charge >= 0.3 is 0 Å². The molecule has 9 aromatic rings. The summed E-state index contributed by atoms with van der Waals surface area (Å²) in [6.07, 6.45) is 0. The van der Waals surface area contributed by atoms with Gasteiger partial charge in [0.25, 0.3) is 0 Å². The van der Waals surface area contributed by atoms with Gasteiger partial charge in [-0.05, 0) is 60.0 Å². The summed E-state index contributed by atoms with van der Waals surface area (Å²) in [7, 11) is 0. The molecule has 0 radical (unpaired) electrons. The van der Waals surface area contributed by atoms with Crippen LogP contribution in [0.2, 0.25) is 0 Å². The Labute approximate surface area is 299 Å². The highest BCUT2D eigenvalue weighted by Gasteiger charge is 2.21. The SMILES string of the molecule is Cc1cccc(-c2ccc3c4ccccc4n(-c4cc(-c5ccc(F)cc5F)ccc4-c4nc(-c5ccccc5)nc(-c5ccccc5)n4)c3c2)c1. The van der Waals surface area contributed by atoms with E-state index >= 15 is 4.39 Å². The first kappa shape index (κ1) is 31.2. The van der Waals surface area contributed by atoms with Crippen LogP contribution >= 0.6 is 0 Å². The first-order chi connectivity index (χ1) is 25.5. The van der Waals surface area contributed by atoms with Crippen molar-refractivity contribution in [3.05, 3.63) is 181 Å². The van der Waals surface area contributed by atoms with Gasteiger partial charge in [-0.25, -0.2) is 23.7 Å². The minimum atomic E-state index is -0.638. The molecule has 0 aliphatic rings. The molecule has 248 valence electrons. The minimum absolute atomic E-state index is 0.293. The minimum Gasteiger partial charge on any atom is -0.308 e. The summed E-state index contributed by atoms with van der Waals surface area (Å²) in [6, 6.07) is 52.3. The first-order valence-electron chi connectivity index (χ1n) is 17.1. The second-order valence-electron chi connectivity index (χ2n) is 12.8. The van der Waals surface area contributed by atoms with Gasteiger partial charge in [0, 0.05) is 39.1 Å². The number of benzene rings is 7. The van der Waals surface area contributed by atoms with Gasteiger partial charge in [-0.15, -0.1) is 0 Å². The van der Waals surface area contributed by atoms with E-state index in [1.54, 1.807) is 0 Å². The third kappa shape index (κ3) is 5.60. The number of para-hydroxylation sites is 1. The van der Waals surface area contributed by atoms with Crippen LogP contribution in [0, 0.1) is 18.6 Å². The van der Waals surface area contributed by atoms with E-state index in [1.165, 1.54) is 17.7 Å². The van der Waals surface area contributed by atoms with Crippen molar-refractivity contribution >= 4 is 21.8 Å². The molecule has 2 heterocycles. The van der Waals surface area contributed by atoms with Crippen molar-refractivity contribution in [2.75, 3.05) is 0 Å². The number of nitrogens with zero attached hydrogens (tertiary/aromatic N) is 4. The molecule has 52 heavy (non-hydrogen) atoms. The molecule has 2 aromatic heterocycles. The summed E-state index contributed by atoms with van der Waals surface area (Å²) in [4.78, 5) is 15.1. The van der Waals surface area contributed by atoms with E-state index in [2.05, 4.69) is 66.1 Å². The fourth-order valence-electron chi connectivity index (χ4n) is 6.96. The summed E-state index contributed by atoms with van der Waals surface area (Å²) in [5, 5.41) is 2.14. The van der Waals surface area contributed by atoms with E-state index < -0.39 is 11.6 Å². The molecule has 0 fully saturated rings. The van der Waals surface area contributed by atoms with Crippen molar-refractivity contribution in [1.82, 2.24) is 19.5 Å². The third-order valence-electron chi connectivity index (χ3n) is 9.45. The Morgan fingerprint density at radius 2 is 1.02 bits per heavy atom. The quantitative estimate of drug-likeness (QED) is 0.176. The zero-order valence-electron chi connectivity index (χ0n) is 28.1. The Balaban J connectivity index is 1.37. The molecule has 4 nitrogen and oxygen atoms in total. The highest BCUT2D eigenvalue weighted by atomic mass is 19.1. The molecular formula is C46H30F2N4. The van der Waals surface area contributed by atoms with Crippen molar-refractivity contribution < 1.29 is 8.78 Å². The standard InChI is InChI=1S/C46H30F2N4/c1-29-11-10-16-32(25-29)33-19-22-38-37-17-8-9-18-41(37)52(42(38)26-33)43-27-34(36-24-21-35(47)28-40(36)48)20-23-39(43)46-50-44(30-12-4-2-5-13-30)49-45(51-46)31-14-6-3-7-15-31/h2-28H,1H3. The summed E-state index contributed by atoms with van der Waals surface area (Å²) < 4.78 is 31.7. The van der Waals surface area contributed by atoms with Gasteiger partial charge < -0.3 is 4.57 Å². The highest BCUT2D eigenvalue weighted by molar-refractivity contribution is 6.10. The third-order valence-corrected chi connectivity index (χ3v) is 9.45. The van der Waals surface area contributed by atoms with Crippen LogP contribution in [0.4, 0.5) is 8.78 Å². The Hall–Kier alpha value is -6.79. The van der Waals surface area contributed by atoms with Crippen LogP contribution in [0.15, 0.2) is 164 Å². The van der Waals surface area contributed by atoms with E-state index in [1.807, 2.05) is 91.0 Å². The predicted molar refractivity (Wildman–Crippen MR) is 206 cm³/mol. The van der Waals surface area contributed by atoms with Gasteiger partial charge in [0.2, 0.25) is 0 Å². The van der Waals surface area contributed by atoms with Crippen LogP contribution in [0.3, 0.4) is 0 Å². The molecule has 0 aliphatic heterocycles.